The zero-order valence-corrected chi connectivity index (χ0v) is 13.9. The average molecular weight is 275 g/mol. The molecule has 1 aromatic carbocycles. The van der Waals surface area contributed by atoms with E-state index in [1.807, 2.05) is 0 Å². The molecule has 1 aromatic rings. The van der Waals surface area contributed by atoms with Crippen LogP contribution in [0, 0.1) is 5.92 Å². The Kier molecular flexibility index (Phi) is 8.60. The number of unbranched alkanes of at least 4 members (excludes halogenated alkanes) is 1. The van der Waals surface area contributed by atoms with E-state index in [-0.39, 0.29) is 0 Å². The van der Waals surface area contributed by atoms with Crippen molar-refractivity contribution in [3.63, 3.8) is 0 Å². The summed E-state index contributed by atoms with van der Waals surface area (Å²) in [6, 6.07) is 9.83. The minimum Gasteiger partial charge on any atom is -0.314 e. The summed E-state index contributed by atoms with van der Waals surface area (Å²) in [4.78, 5) is 0. The Hall–Kier alpha value is -0.820. The van der Waals surface area contributed by atoms with Crippen LogP contribution in [0.4, 0.5) is 0 Å². The van der Waals surface area contributed by atoms with Crippen molar-refractivity contribution < 1.29 is 0 Å². The molecule has 0 aliphatic rings. The zero-order chi connectivity index (χ0) is 14.8. The van der Waals surface area contributed by atoms with E-state index in [0.29, 0.717) is 6.04 Å². The Balaban J connectivity index is 2.67. The molecule has 20 heavy (non-hydrogen) atoms. The molecular weight excluding hydrogens is 242 g/mol. The summed E-state index contributed by atoms with van der Waals surface area (Å²) in [7, 11) is 0. The van der Waals surface area contributed by atoms with Crippen LogP contribution in [0.2, 0.25) is 0 Å². The maximum absolute atomic E-state index is 3.72. The molecule has 0 amide bonds. The van der Waals surface area contributed by atoms with Crippen LogP contribution in [-0.4, -0.2) is 12.6 Å². The Morgan fingerprint density at radius 2 is 1.60 bits per heavy atom. The highest BCUT2D eigenvalue weighted by Gasteiger charge is 2.18. The van der Waals surface area contributed by atoms with Crippen LogP contribution >= 0.6 is 0 Å². The molecule has 0 aliphatic carbocycles. The largest absolute Gasteiger partial charge is 0.314 e. The molecule has 1 N–H and O–H groups in total. The fraction of sp³-hybridized carbons (Fsp3) is 0.684. The first-order chi connectivity index (χ1) is 9.74. The quantitative estimate of drug-likeness (QED) is 0.634. The van der Waals surface area contributed by atoms with Crippen molar-refractivity contribution in [3.8, 4) is 0 Å². The summed E-state index contributed by atoms with van der Waals surface area (Å²) in [6.45, 7) is 10.1. The molecule has 0 heterocycles. The van der Waals surface area contributed by atoms with Gasteiger partial charge in [0.25, 0.3) is 0 Å². The zero-order valence-electron chi connectivity index (χ0n) is 13.9. The van der Waals surface area contributed by atoms with Crippen LogP contribution in [-0.2, 0) is 12.8 Å². The molecule has 1 rings (SSSR count). The maximum Gasteiger partial charge on any atom is 0.0135 e. The highest BCUT2D eigenvalue weighted by Crippen LogP contribution is 2.20. The minimum atomic E-state index is 0.629. The molecule has 0 spiro atoms. The van der Waals surface area contributed by atoms with Crippen molar-refractivity contribution in [3.05, 3.63) is 35.4 Å². The van der Waals surface area contributed by atoms with E-state index in [1.54, 1.807) is 0 Å². The van der Waals surface area contributed by atoms with Crippen molar-refractivity contribution >= 4 is 0 Å². The van der Waals surface area contributed by atoms with Crippen molar-refractivity contribution in [1.29, 1.82) is 0 Å². The molecule has 0 fully saturated rings. The molecule has 0 bridgehead atoms. The van der Waals surface area contributed by atoms with Crippen LogP contribution in [0.15, 0.2) is 24.3 Å². The van der Waals surface area contributed by atoms with Gasteiger partial charge in [-0.05, 0) is 42.9 Å². The number of likely N-dealkylation sites (N-methyl/N-ethyl adjacent to an activating group) is 1. The summed E-state index contributed by atoms with van der Waals surface area (Å²) in [6.07, 6.45) is 7.60. The van der Waals surface area contributed by atoms with Crippen LogP contribution in [0.25, 0.3) is 0 Å². The van der Waals surface area contributed by atoms with E-state index in [1.165, 1.54) is 43.2 Å². The van der Waals surface area contributed by atoms with Crippen LogP contribution in [0.5, 0.6) is 0 Å². The predicted octanol–water partition coefficient (Wildman–Crippen LogP) is 4.99. The average Bonchev–Trinajstić information content (AvgIpc) is 2.49. The van der Waals surface area contributed by atoms with Gasteiger partial charge in [-0.3, -0.25) is 0 Å². The van der Waals surface area contributed by atoms with Crippen LogP contribution < -0.4 is 5.32 Å². The van der Waals surface area contributed by atoms with Crippen LogP contribution in [0.1, 0.15) is 64.5 Å². The smallest absolute Gasteiger partial charge is 0.0135 e. The van der Waals surface area contributed by atoms with Crippen molar-refractivity contribution in [2.24, 2.45) is 5.92 Å². The Morgan fingerprint density at radius 1 is 0.950 bits per heavy atom. The van der Waals surface area contributed by atoms with E-state index in [9.17, 15) is 0 Å². The van der Waals surface area contributed by atoms with E-state index in [2.05, 4.69) is 57.3 Å². The summed E-state index contributed by atoms with van der Waals surface area (Å²) < 4.78 is 0. The van der Waals surface area contributed by atoms with E-state index < -0.39 is 0 Å². The van der Waals surface area contributed by atoms with Gasteiger partial charge in [0, 0.05) is 6.04 Å². The third-order valence-corrected chi connectivity index (χ3v) is 4.38. The SMILES string of the molecule is CCCCC(CC)C(Cc1ccc(CC)cc1)NCC. The monoisotopic (exact) mass is 275 g/mol. The summed E-state index contributed by atoms with van der Waals surface area (Å²) in [5, 5.41) is 3.72. The van der Waals surface area contributed by atoms with Gasteiger partial charge in [-0.1, -0.05) is 71.2 Å². The van der Waals surface area contributed by atoms with Crippen molar-refractivity contribution in [2.45, 2.75) is 72.3 Å². The molecule has 0 aliphatic heterocycles. The third-order valence-electron chi connectivity index (χ3n) is 4.38. The number of hydrogen-bond donors (Lipinski definition) is 1. The highest BCUT2D eigenvalue weighted by atomic mass is 14.9. The predicted molar refractivity (Wildman–Crippen MR) is 90.3 cm³/mol. The van der Waals surface area contributed by atoms with Gasteiger partial charge in [0.05, 0.1) is 0 Å². The molecule has 2 atom stereocenters. The number of rotatable bonds is 10. The summed E-state index contributed by atoms with van der Waals surface area (Å²) in [5.74, 6) is 0.806. The van der Waals surface area contributed by atoms with Crippen LogP contribution in [0.3, 0.4) is 0 Å². The first-order valence-electron chi connectivity index (χ1n) is 8.56. The Morgan fingerprint density at radius 3 is 2.10 bits per heavy atom. The second-order valence-electron chi connectivity index (χ2n) is 5.85. The van der Waals surface area contributed by atoms with Gasteiger partial charge in [0.15, 0.2) is 0 Å². The molecular formula is C19H33N. The van der Waals surface area contributed by atoms with E-state index >= 15 is 0 Å². The highest BCUT2D eigenvalue weighted by molar-refractivity contribution is 5.23. The molecule has 1 heteroatoms. The third kappa shape index (κ3) is 5.66. The molecule has 1 nitrogen and oxygen atoms in total. The second kappa shape index (κ2) is 9.99. The van der Waals surface area contributed by atoms with E-state index in [4.69, 9.17) is 0 Å². The summed E-state index contributed by atoms with van der Waals surface area (Å²) >= 11 is 0. The molecule has 0 radical (unpaired) electrons. The van der Waals surface area contributed by atoms with Gasteiger partial charge in [0.2, 0.25) is 0 Å². The summed E-state index contributed by atoms with van der Waals surface area (Å²) in [5.41, 5.74) is 2.91. The number of benzene rings is 1. The van der Waals surface area contributed by atoms with Crippen molar-refractivity contribution in [1.82, 2.24) is 5.32 Å². The molecule has 2 unspecified atom stereocenters. The van der Waals surface area contributed by atoms with Gasteiger partial charge < -0.3 is 5.32 Å². The fourth-order valence-corrected chi connectivity index (χ4v) is 2.99. The minimum absolute atomic E-state index is 0.629. The molecule has 0 saturated heterocycles. The molecule has 0 saturated carbocycles. The normalized spacial score (nSPS) is 14.2. The Labute approximate surface area is 126 Å². The van der Waals surface area contributed by atoms with Gasteiger partial charge >= 0.3 is 0 Å². The standard InChI is InChI=1S/C19H33N/c1-5-9-10-18(7-3)19(20-8-4)15-17-13-11-16(6-2)12-14-17/h11-14,18-20H,5-10,15H2,1-4H3. The van der Waals surface area contributed by atoms with Crippen molar-refractivity contribution in [2.75, 3.05) is 6.54 Å². The van der Waals surface area contributed by atoms with Gasteiger partial charge in [-0.2, -0.15) is 0 Å². The first kappa shape index (κ1) is 17.2. The number of aryl methyl sites for hydroxylation is 1. The van der Waals surface area contributed by atoms with Gasteiger partial charge in [-0.15, -0.1) is 0 Å². The number of hydrogen-bond acceptors (Lipinski definition) is 1. The lowest BCUT2D eigenvalue weighted by Crippen LogP contribution is -2.37. The lowest BCUT2D eigenvalue weighted by Gasteiger charge is -2.27. The maximum atomic E-state index is 3.72. The Bertz CT molecular complexity index is 341. The second-order valence-corrected chi connectivity index (χ2v) is 5.85. The lowest BCUT2D eigenvalue weighted by atomic mass is 9.87. The number of nitrogens with one attached hydrogen (secondary N) is 1. The van der Waals surface area contributed by atoms with Gasteiger partial charge in [0.1, 0.15) is 0 Å². The molecule has 114 valence electrons. The fourth-order valence-electron chi connectivity index (χ4n) is 2.99. The lowest BCUT2D eigenvalue weighted by molar-refractivity contribution is 0.319. The van der Waals surface area contributed by atoms with E-state index in [0.717, 1.165) is 18.9 Å². The van der Waals surface area contributed by atoms with Gasteiger partial charge in [-0.25, -0.2) is 0 Å². The molecule has 0 aromatic heterocycles. The topological polar surface area (TPSA) is 12.0 Å². The first-order valence-corrected chi connectivity index (χ1v) is 8.56.